The predicted octanol–water partition coefficient (Wildman–Crippen LogP) is 5.13. The molecule has 0 atom stereocenters. The Balaban J connectivity index is 1.86. The molecule has 3 nitrogen and oxygen atoms in total. The van der Waals surface area contributed by atoms with Crippen LogP contribution in [0, 0.1) is 6.92 Å². The number of nitrogens with one attached hydrogen (secondary N) is 1. The van der Waals surface area contributed by atoms with E-state index in [2.05, 4.69) is 48.4 Å². The second-order valence-electron chi connectivity index (χ2n) is 5.15. The number of rotatable bonds is 4. The lowest BCUT2D eigenvalue weighted by molar-refractivity contribution is 0.475. The van der Waals surface area contributed by atoms with E-state index in [4.69, 9.17) is 0 Å². The Kier molecular flexibility index (Phi) is 4.11. The Bertz CT molecular complexity index is 778. The van der Waals surface area contributed by atoms with Crippen molar-refractivity contribution in [3.05, 3.63) is 59.0 Å². The number of aromatic nitrogens is 1. The minimum atomic E-state index is 0.244. The third-order valence-electron chi connectivity index (χ3n) is 3.53. The highest BCUT2D eigenvalue weighted by Gasteiger charge is 2.10. The number of thiazole rings is 1. The van der Waals surface area contributed by atoms with Crippen LogP contribution >= 0.6 is 11.3 Å². The van der Waals surface area contributed by atoms with E-state index in [0.717, 1.165) is 28.5 Å². The van der Waals surface area contributed by atoms with Crippen LogP contribution in [0.4, 0.5) is 10.8 Å². The molecule has 1 aromatic heterocycles. The first-order chi connectivity index (χ1) is 10.7. The zero-order chi connectivity index (χ0) is 15.5. The highest BCUT2D eigenvalue weighted by molar-refractivity contribution is 7.16. The number of benzene rings is 2. The molecule has 0 bridgehead atoms. The van der Waals surface area contributed by atoms with Crippen molar-refractivity contribution in [1.82, 2.24) is 4.98 Å². The van der Waals surface area contributed by atoms with Crippen molar-refractivity contribution in [3.8, 4) is 17.0 Å². The summed E-state index contributed by atoms with van der Waals surface area (Å²) in [6.07, 6.45) is 1.04. The van der Waals surface area contributed by atoms with Crippen LogP contribution in [0.15, 0.2) is 48.5 Å². The summed E-state index contributed by atoms with van der Waals surface area (Å²) in [5.74, 6) is 0.244. The standard InChI is InChI=1S/C18H18N2OS/c1-3-13-7-9-14(10-8-13)17-12(2)22-18(20-17)19-15-5-4-6-16(21)11-15/h4-11,21H,3H2,1-2H3,(H,19,20). The van der Waals surface area contributed by atoms with Crippen molar-refractivity contribution in [1.29, 1.82) is 0 Å². The summed E-state index contributed by atoms with van der Waals surface area (Å²) in [5.41, 5.74) is 4.31. The quantitative estimate of drug-likeness (QED) is 0.702. The molecule has 0 saturated heterocycles. The summed E-state index contributed by atoms with van der Waals surface area (Å²) in [7, 11) is 0. The van der Waals surface area contributed by atoms with Gasteiger partial charge in [0.1, 0.15) is 5.75 Å². The van der Waals surface area contributed by atoms with Crippen molar-refractivity contribution < 1.29 is 5.11 Å². The molecule has 0 aliphatic heterocycles. The van der Waals surface area contributed by atoms with E-state index < -0.39 is 0 Å². The Labute approximate surface area is 134 Å². The summed E-state index contributed by atoms with van der Waals surface area (Å²) >= 11 is 1.62. The Morgan fingerprint density at radius 3 is 2.59 bits per heavy atom. The fourth-order valence-electron chi connectivity index (χ4n) is 2.32. The SMILES string of the molecule is CCc1ccc(-c2nc(Nc3cccc(O)c3)sc2C)cc1. The smallest absolute Gasteiger partial charge is 0.187 e. The Hall–Kier alpha value is -2.33. The van der Waals surface area contributed by atoms with Gasteiger partial charge in [-0.2, -0.15) is 0 Å². The van der Waals surface area contributed by atoms with Gasteiger partial charge in [0.25, 0.3) is 0 Å². The molecule has 0 saturated carbocycles. The zero-order valence-electron chi connectivity index (χ0n) is 12.6. The van der Waals surface area contributed by atoms with E-state index in [1.807, 2.05) is 12.1 Å². The van der Waals surface area contributed by atoms with Gasteiger partial charge in [-0.1, -0.05) is 37.3 Å². The van der Waals surface area contributed by atoms with Gasteiger partial charge in [0.05, 0.1) is 5.69 Å². The van der Waals surface area contributed by atoms with Crippen molar-refractivity contribution in [3.63, 3.8) is 0 Å². The highest BCUT2D eigenvalue weighted by Crippen LogP contribution is 2.32. The Morgan fingerprint density at radius 1 is 1.14 bits per heavy atom. The average molecular weight is 310 g/mol. The van der Waals surface area contributed by atoms with Crippen LogP contribution in [0.1, 0.15) is 17.4 Å². The molecular formula is C18H18N2OS. The molecule has 3 aromatic rings. The van der Waals surface area contributed by atoms with Gasteiger partial charge in [-0.15, -0.1) is 11.3 Å². The predicted molar refractivity (Wildman–Crippen MR) is 93.1 cm³/mol. The maximum Gasteiger partial charge on any atom is 0.187 e. The lowest BCUT2D eigenvalue weighted by Gasteiger charge is -2.02. The summed E-state index contributed by atoms with van der Waals surface area (Å²) in [4.78, 5) is 5.86. The van der Waals surface area contributed by atoms with E-state index >= 15 is 0 Å². The Morgan fingerprint density at radius 2 is 1.91 bits per heavy atom. The van der Waals surface area contributed by atoms with E-state index in [0.29, 0.717) is 0 Å². The third-order valence-corrected chi connectivity index (χ3v) is 4.42. The maximum atomic E-state index is 9.52. The molecule has 112 valence electrons. The average Bonchev–Trinajstić information content (AvgIpc) is 2.88. The molecule has 0 radical (unpaired) electrons. The van der Waals surface area contributed by atoms with Crippen molar-refractivity contribution in [2.45, 2.75) is 20.3 Å². The van der Waals surface area contributed by atoms with Crippen LogP contribution in [0.5, 0.6) is 5.75 Å². The van der Waals surface area contributed by atoms with Gasteiger partial charge < -0.3 is 10.4 Å². The first kappa shape index (κ1) is 14.6. The van der Waals surface area contributed by atoms with Crippen molar-refractivity contribution in [2.24, 2.45) is 0 Å². The fourth-order valence-corrected chi connectivity index (χ4v) is 3.18. The zero-order valence-corrected chi connectivity index (χ0v) is 13.4. The van der Waals surface area contributed by atoms with E-state index in [9.17, 15) is 5.11 Å². The van der Waals surface area contributed by atoms with Crippen LogP contribution in [0.25, 0.3) is 11.3 Å². The number of aromatic hydroxyl groups is 1. The van der Waals surface area contributed by atoms with Gasteiger partial charge in [0.15, 0.2) is 5.13 Å². The molecule has 3 rings (SSSR count). The van der Waals surface area contributed by atoms with Crippen LogP contribution in [0.2, 0.25) is 0 Å². The van der Waals surface area contributed by atoms with Gasteiger partial charge in [0, 0.05) is 22.2 Å². The summed E-state index contributed by atoms with van der Waals surface area (Å²) < 4.78 is 0. The second kappa shape index (κ2) is 6.20. The minimum absolute atomic E-state index is 0.244. The molecule has 2 N–H and O–H groups in total. The monoisotopic (exact) mass is 310 g/mol. The molecular weight excluding hydrogens is 292 g/mol. The number of hydrogen-bond acceptors (Lipinski definition) is 4. The molecule has 1 heterocycles. The number of phenolic OH excluding ortho intramolecular Hbond substituents is 1. The molecule has 0 spiro atoms. The number of hydrogen-bond donors (Lipinski definition) is 2. The maximum absolute atomic E-state index is 9.52. The van der Waals surface area contributed by atoms with Crippen LogP contribution in [-0.4, -0.2) is 10.1 Å². The van der Waals surface area contributed by atoms with E-state index in [1.165, 1.54) is 10.4 Å². The van der Waals surface area contributed by atoms with Crippen LogP contribution in [-0.2, 0) is 6.42 Å². The van der Waals surface area contributed by atoms with Gasteiger partial charge in [-0.3, -0.25) is 0 Å². The number of phenols is 1. The topological polar surface area (TPSA) is 45.2 Å². The number of aryl methyl sites for hydroxylation is 2. The van der Waals surface area contributed by atoms with Crippen LogP contribution in [0.3, 0.4) is 0 Å². The van der Waals surface area contributed by atoms with Crippen molar-refractivity contribution in [2.75, 3.05) is 5.32 Å². The summed E-state index contributed by atoms with van der Waals surface area (Å²) in [6, 6.07) is 15.6. The first-order valence-electron chi connectivity index (χ1n) is 7.28. The molecule has 22 heavy (non-hydrogen) atoms. The largest absolute Gasteiger partial charge is 0.508 e. The number of anilines is 2. The van der Waals surface area contributed by atoms with Crippen molar-refractivity contribution >= 4 is 22.2 Å². The van der Waals surface area contributed by atoms with E-state index in [1.54, 1.807) is 23.5 Å². The third kappa shape index (κ3) is 3.12. The molecule has 0 aliphatic carbocycles. The molecule has 0 aliphatic rings. The summed E-state index contributed by atoms with van der Waals surface area (Å²) in [5, 5.41) is 13.6. The normalized spacial score (nSPS) is 10.6. The van der Waals surface area contributed by atoms with Crippen LogP contribution < -0.4 is 5.32 Å². The lowest BCUT2D eigenvalue weighted by Crippen LogP contribution is -1.89. The molecule has 0 unspecified atom stereocenters. The van der Waals surface area contributed by atoms with Gasteiger partial charge in [-0.05, 0) is 31.0 Å². The number of nitrogens with zero attached hydrogens (tertiary/aromatic N) is 1. The van der Waals surface area contributed by atoms with E-state index in [-0.39, 0.29) is 5.75 Å². The minimum Gasteiger partial charge on any atom is -0.508 e. The highest BCUT2D eigenvalue weighted by atomic mass is 32.1. The van der Waals surface area contributed by atoms with Gasteiger partial charge >= 0.3 is 0 Å². The molecule has 2 aromatic carbocycles. The fraction of sp³-hybridized carbons (Fsp3) is 0.167. The molecule has 4 heteroatoms. The summed E-state index contributed by atoms with van der Waals surface area (Å²) in [6.45, 7) is 4.23. The first-order valence-corrected chi connectivity index (χ1v) is 8.10. The lowest BCUT2D eigenvalue weighted by atomic mass is 10.1. The van der Waals surface area contributed by atoms with Gasteiger partial charge in [0.2, 0.25) is 0 Å². The second-order valence-corrected chi connectivity index (χ2v) is 6.35. The molecule has 0 amide bonds. The van der Waals surface area contributed by atoms with Gasteiger partial charge in [-0.25, -0.2) is 4.98 Å². The molecule has 0 fully saturated rings.